The minimum Gasteiger partial charge on any atom is -0.494 e. The van der Waals surface area contributed by atoms with Gasteiger partial charge in [0, 0.05) is 18.5 Å². The van der Waals surface area contributed by atoms with Crippen LogP contribution in [0, 0.1) is 0 Å². The van der Waals surface area contributed by atoms with Gasteiger partial charge in [-0.15, -0.1) is 10.2 Å². The maximum absolute atomic E-state index is 5.88. The van der Waals surface area contributed by atoms with Crippen molar-refractivity contribution >= 4 is 10.8 Å². The Morgan fingerprint density at radius 1 is 0.812 bits per heavy atom. The number of aryl methyl sites for hydroxylation is 2. The molecule has 0 bridgehead atoms. The first-order chi connectivity index (χ1) is 15.7. The van der Waals surface area contributed by atoms with Crippen LogP contribution in [0.4, 0.5) is 0 Å². The lowest BCUT2D eigenvalue weighted by molar-refractivity contribution is 0.281. The lowest BCUT2D eigenvalue weighted by atomic mass is 10.0. The Morgan fingerprint density at radius 3 is 2.41 bits per heavy atom. The number of nitrogens with zero attached hydrogens (tertiary/aromatic N) is 3. The number of ether oxygens (including phenoxy) is 1. The molecular formula is C27H31N3O2. The number of rotatable bonds is 11. The second-order valence-electron chi connectivity index (χ2n) is 8.42. The van der Waals surface area contributed by atoms with Crippen LogP contribution in [-0.4, -0.2) is 42.3 Å². The van der Waals surface area contributed by atoms with Crippen LogP contribution < -0.4 is 4.74 Å². The van der Waals surface area contributed by atoms with Crippen molar-refractivity contribution in [2.24, 2.45) is 0 Å². The van der Waals surface area contributed by atoms with Crippen LogP contribution in [0.15, 0.2) is 71.1 Å². The molecule has 0 atom stereocenters. The molecule has 5 heteroatoms. The molecule has 0 spiro atoms. The fourth-order valence-electron chi connectivity index (χ4n) is 3.74. The van der Waals surface area contributed by atoms with E-state index in [1.54, 1.807) is 0 Å². The Morgan fingerprint density at radius 2 is 1.59 bits per heavy atom. The fourth-order valence-corrected chi connectivity index (χ4v) is 3.74. The molecule has 5 nitrogen and oxygen atoms in total. The summed E-state index contributed by atoms with van der Waals surface area (Å²) >= 11 is 0. The number of hydrogen-bond donors (Lipinski definition) is 0. The van der Waals surface area contributed by atoms with E-state index in [2.05, 4.69) is 71.7 Å². The van der Waals surface area contributed by atoms with Crippen molar-refractivity contribution in [3.63, 3.8) is 0 Å². The Kier molecular flexibility index (Phi) is 7.51. The smallest absolute Gasteiger partial charge is 0.247 e. The summed E-state index contributed by atoms with van der Waals surface area (Å²) in [7, 11) is 4.14. The first-order valence-electron chi connectivity index (χ1n) is 11.4. The van der Waals surface area contributed by atoms with Gasteiger partial charge in [-0.2, -0.15) is 0 Å². The van der Waals surface area contributed by atoms with Crippen LogP contribution >= 0.6 is 0 Å². The number of aromatic nitrogens is 2. The largest absolute Gasteiger partial charge is 0.494 e. The van der Waals surface area contributed by atoms with Crippen molar-refractivity contribution in [3.05, 3.63) is 78.2 Å². The Labute approximate surface area is 190 Å². The molecule has 0 amide bonds. The summed E-state index contributed by atoms with van der Waals surface area (Å²) in [5.41, 5.74) is 2.29. The summed E-state index contributed by atoms with van der Waals surface area (Å²) in [6.07, 6.45) is 4.97. The molecule has 0 aliphatic heterocycles. The Bertz CT molecular complexity index is 1120. The van der Waals surface area contributed by atoms with E-state index >= 15 is 0 Å². The molecule has 4 aromatic rings. The predicted octanol–water partition coefficient (Wildman–Crippen LogP) is 5.79. The highest BCUT2D eigenvalue weighted by Gasteiger charge is 2.09. The predicted molar refractivity (Wildman–Crippen MR) is 129 cm³/mol. The van der Waals surface area contributed by atoms with Gasteiger partial charge in [-0.3, -0.25) is 0 Å². The summed E-state index contributed by atoms with van der Waals surface area (Å²) in [6, 6.07) is 23.1. The molecule has 0 aliphatic carbocycles. The quantitative estimate of drug-likeness (QED) is 0.283. The Balaban J connectivity index is 1.23. The number of fused-ring (bicyclic) bond motifs is 1. The summed E-state index contributed by atoms with van der Waals surface area (Å²) in [6.45, 7) is 1.73. The highest BCUT2D eigenvalue weighted by molar-refractivity contribution is 5.82. The molecule has 0 fully saturated rings. The van der Waals surface area contributed by atoms with E-state index in [1.807, 2.05) is 24.3 Å². The topological polar surface area (TPSA) is 51.4 Å². The average Bonchev–Trinajstić information content (AvgIpc) is 3.29. The third-order valence-corrected chi connectivity index (χ3v) is 5.51. The van der Waals surface area contributed by atoms with Gasteiger partial charge in [0.1, 0.15) is 5.75 Å². The number of hydrogen-bond acceptors (Lipinski definition) is 5. The maximum atomic E-state index is 5.88. The van der Waals surface area contributed by atoms with Gasteiger partial charge in [0.05, 0.1) is 6.61 Å². The molecule has 0 aliphatic rings. The first kappa shape index (κ1) is 22.0. The average molecular weight is 430 g/mol. The second-order valence-corrected chi connectivity index (χ2v) is 8.42. The molecule has 0 radical (unpaired) electrons. The van der Waals surface area contributed by atoms with Gasteiger partial charge < -0.3 is 14.1 Å². The van der Waals surface area contributed by atoms with E-state index in [9.17, 15) is 0 Å². The van der Waals surface area contributed by atoms with E-state index in [0.717, 1.165) is 50.0 Å². The van der Waals surface area contributed by atoms with E-state index in [0.29, 0.717) is 18.4 Å². The van der Waals surface area contributed by atoms with Crippen LogP contribution in [0.3, 0.4) is 0 Å². The SMILES string of the molecule is CN(C)CCCOc1ccc(-c2nnc(CCCCc3ccc4ccccc4c3)o2)cc1. The summed E-state index contributed by atoms with van der Waals surface area (Å²) in [5, 5.41) is 11.0. The van der Waals surface area contributed by atoms with Gasteiger partial charge in [0.25, 0.3) is 0 Å². The first-order valence-corrected chi connectivity index (χ1v) is 11.4. The van der Waals surface area contributed by atoms with Gasteiger partial charge in [-0.1, -0.05) is 42.5 Å². The van der Waals surface area contributed by atoms with Crippen molar-refractivity contribution in [2.45, 2.75) is 32.1 Å². The minimum absolute atomic E-state index is 0.564. The molecule has 4 rings (SSSR count). The summed E-state index contributed by atoms with van der Waals surface area (Å²) < 4.78 is 11.7. The molecule has 1 heterocycles. The Hall–Kier alpha value is -3.18. The maximum Gasteiger partial charge on any atom is 0.247 e. The number of unbranched alkanes of at least 4 members (excludes halogenated alkanes) is 1. The minimum atomic E-state index is 0.564. The van der Waals surface area contributed by atoms with Crippen LogP contribution in [0.1, 0.15) is 30.7 Å². The third kappa shape index (κ3) is 6.17. The lowest BCUT2D eigenvalue weighted by Gasteiger charge is -2.10. The van der Waals surface area contributed by atoms with Crippen molar-refractivity contribution in [1.82, 2.24) is 15.1 Å². The zero-order chi connectivity index (χ0) is 22.2. The van der Waals surface area contributed by atoms with Gasteiger partial charge in [-0.05, 0) is 80.4 Å². The van der Waals surface area contributed by atoms with Gasteiger partial charge in [0.15, 0.2) is 0 Å². The van der Waals surface area contributed by atoms with Crippen LogP contribution in [-0.2, 0) is 12.8 Å². The van der Waals surface area contributed by atoms with Crippen LogP contribution in [0.5, 0.6) is 5.75 Å². The molecule has 3 aromatic carbocycles. The molecular weight excluding hydrogens is 398 g/mol. The van der Waals surface area contributed by atoms with E-state index in [1.165, 1.54) is 16.3 Å². The van der Waals surface area contributed by atoms with Gasteiger partial charge in [-0.25, -0.2) is 0 Å². The zero-order valence-electron chi connectivity index (χ0n) is 19.0. The van der Waals surface area contributed by atoms with Gasteiger partial charge >= 0.3 is 0 Å². The highest BCUT2D eigenvalue weighted by Crippen LogP contribution is 2.22. The standard InChI is InChI=1S/C27H31N3O2/c1-30(2)18-7-19-31-25-16-14-23(15-17-25)27-29-28-26(32-27)11-6-3-8-21-12-13-22-9-4-5-10-24(22)20-21/h4-5,9-10,12-17,20H,3,6-8,11,18-19H2,1-2H3. The van der Waals surface area contributed by atoms with Crippen molar-refractivity contribution in [2.75, 3.05) is 27.2 Å². The molecule has 32 heavy (non-hydrogen) atoms. The normalized spacial score (nSPS) is 11.3. The molecule has 1 aromatic heterocycles. The fraction of sp³-hybridized carbons (Fsp3) is 0.333. The molecule has 0 saturated heterocycles. The highest BCUT2D eigenvalue weighted by atomic mass is 16.5. The van der Waals surface area contributed by atoms with E-state index in [-0.39, 0.29) is 0 Å². The zero-order valence-corrected chi connectivity index (χ0v) is 19.0. The lowest BCUT2D eigenvalue weighted by Crippen LogP contribution is -2.15. The third-order valence-electron chi connectivity index (χ3n) is 5.51. The van der Waals surface area contributed by atoms with Crippen molar-refractivity contribution in [1.29, 1.82) is 0 Å². The van der Waals surface area contributed by atoms with E-state index in [4.69, 9.17) is 9.15 Å². The van der Waals surface area contributed by atoms with Crippen molar-refractivity contribution < 1.29 is 9.15 Å². The van der Waals surface area contributed by atoms with Crippen LogP contribution in [0.25, 0.3) is 22.2 Å². The van der Waals surface area contributed by atoms with Crippen molar-refractivity contribution in [3.8, 4) is 17.2 Å². The molecule has 0 unspecified atom stereocenters. The molecule has 0 N–H and O–H groups in total. The summed E-state index contributed by atoms with van der Waals surface area (Å²) in [5.74, 6) is 2.12. The summed E-state index contributed by atoms with van der Waals surface area (Å²) in [4.78, 5) is 2.16. The van der Waals surface area contributed by atoms with E-state index < -0.39 is 0 Å². The van der Waals surface area contributed by atoms with Gasteiger partial charge in [0.2, 0.25) is 11.8 Å². The second kappa shape index (κ2) is 10.9. The van der Waals surface area contributed by atoms with Crippen LogP contribution in [0.2, 0.25) is 0 Å². The number of benzene rings is 3. The molecule has 0 saturated carbocycles. The molecule has 166 valence electrons. The monoisotopic (exact) mass is 429 g/mol.